The summed E-state index contributed by atoms with van der Waals surface area (Å²) in [6, 6.07) is 44.9. The third-order valence-electron chi connectivity index (χ3n) is 17.4. The number of benzene rings is 6. The molecule has 0 amide bonds. The summed E-state index contributed by atoms with van der Waals surface area (Å²) in [6.45, 7) is 41.5. The third-order valence-corrected chi connectivity index (χ3v) is 17.4. The van der Waals surface area contributed by atoms with E-state index in [1.165, 1.54) is 148 Å². The number of rotatable bonds is 0. The number of fused-ring (bicyclic) bond motifs is 15. The van der Waals surface area contributed by atoms with Crippen molar-refractivity contribution in [2.75, 3.05) is 0 Å². The molecule has 9 aromatic heterocycles. The average molecular weight is 1200 g/mol. The third kappa shape index (κ3) is 13.1. The highest BCUT2D eigenvalue weighted by atomic mass is 15.0. The van der Waals surface area contributed by atoms with E-state index in [1.807, 2.05) is 106 Å². The zero-order valence-corrected chi connectivity index (χ0v) is 59.0. The summed E-state index contributed by atoms with van der Waals surface area (Å²) in [5.41, 5.74) is 28.1. The monoisotopic (exact) mass is 1200 g/mol. The molecule has 0 bridgehead atoms. The molecule has 0 fully saturated rings. The lowest BCUT2D eigenvalue weighted by Crippen LogP contribution is -1.93. The van der Waals surface area contributed by atoms with Gasteiger partial charge < -0.3 is 22.8 Å². The van der Waals surface area contributed by atoms with Gasteiger partial charge in [-0.15, -0.1) is 0 Å². The van der Waals surface area contributed by atoms with Crippen molar-refractivity contribution in [1.82, 2.24) is 42.8 Å². The second kappa shape index (κ2) is 31.4. The molecule has 0 radical (unpaired) electrons. The molecule has 15 rings (SSSR count). The smallest absolute Gasteiger partial charge is 0.0962 e. The largest absolute Gasteiger partial charge is 0.343 e. The van der Waals surface area contributed by atoms with Crippen LogP contribution in [0.3, 0.4) is 0 Å². The minimum Gasteiger partial charge on any atom is -0.343 e. The standard InChI is InChI=1S/C15H15N.4C14H14N2.5C2H6/c1-10-8-9-13-12-6-4-5-7-14(12)16(3)15(13)11(10)2;1-9-4-5-11-12-8-15-7-6-13(12)16(3)14(11)10(9)2;1-9-6-7-11-13-12(5-4-8-15-13)16(3)14(11)10(9)2;1-9-10(2)15-8-12-11-6-4-5-7-13(11)16(3)14(9)12;1-9-8-15-13-11-6-4-5-7-12(11)16(3)14(13)10(9)2;5*1-2/h4-9H,1-3H3;4*4-8H,1-3H3;5*1-2H3. The molecular weight excluding hydrogens is 1100 g/mol. The summed E-state index contributed by atoms with van der Waals surface area (Å²) in [5.74, 6) is 0. The zero-order chi connectivity index (χ0) is 66.4. The van der Waals surface area contributed by atoms with Gasteiger partial charge in [-0.05, 0) is 156 Å². The van der Waals surface area contributed by atoms with Crippen molar-refractivity contribution in [3.05, 3.63) is 214 Å². The van der Waals surface area contributed by atoms with Crippen LogP contribution in [0.25, 0.3) is 109 Å². The van der Waals surface area contributed by atoms with Crippen LogP contribution in [0, 0.1) is 69.2 Å². The summed E-state index contributed by atoms with van der Waals surface area (Å²) >= 11 is 0. The molecule has 0 aliphatic heterocycles. The van der Waals surface area contributed by atoms with Crippen LogP contribution in [0.1, 0.15) is 125 Å². The van der Waals surface area contributed by atoms with Gasteiger partial charge in [-0.2, -0.15) is 0 Å². The van der Waals surface area contributed by atoms with Gasteiger partial charge in [-0.3, -0.25) is 19.9 Å². The number of aromatic nitrogens is 9. The fourth-order valence-corrected chi connectivity index (χ4v) is 12.3. The first-order chi connectivity index (χ1) is 43.5. The molecule has 470 valence electrons. The lowest BCUT2D eigenvalue weighted by Gasteiger charge is -2.04. The van der Waals surface area contributed by atoms with E-state index in [9.17, 15) is 0 Å². The number of para-hydroxylation sites is 3. The second-order valence-electron chi connectivity index (χ2n) is 21.8. The quantitative estimate of drug-likeness (QED) is 0.152. The molecule has 9 heteroatoms. The van der Waals surface area contributed by atoms with Crippen LogP contribution >= 0.6 is 0 Å². The zero-order valence-electron chi connectivity index (χ0n) is 59.0. The molecule has 0 saturated carbocycles. The first-order valence-electron chi connectivity index (χ1n) is 32.6. The van der Waals surface area contributed by atoms with Crippen LogP contribution in [0.5, 0.6) is 0 Å². The highest BCUT2D eigenvalue weighted by molar-refractivity contribution is 6.12. The lowest BCUT2D eigenvalue weighted by molar-refractivity contribution is 0.999. The first-order valence-corrected chi connectivity index (χ1v) is 32.6. The summed E-state index contributed by atoms with van der Waals surface area (Å²) in [6.07, 6.45) is 9.61. The van der Waals surface area contributed by atoms with E-state index in [1.54, 1.807) is 0 Å². The van der Waals surface area contributed by atoms with E-state index >= 15 is 0 Å². The molecule has 0 atom stereocenters. The van der Waals surface area contributed by atoms with Crippen LogP contribution in [-0.4, -0.2) is 42.8 Å². The number of hydrogen-bond donors (Lipinski definition) is 0. The predicted octanol–water partition coefficient (Wildman–Crippen LogP) is 22.5. The van der Waals surface area contributed by atoms with Crippen molar-refractivity contribution in [2.24, 2.45) is 35.2 Å². The molecule has 0 aliphatic carbocycles. The van der Waals surface area contributed by atoms with Gasteiger partial charge in [0.1, 0.15) is 0 Å². The maximum Gasteiger partial charge on any atom is 0.0962 e. The number of aryl methyl sites for hydroxylation is 15. The molecule has 90 heavy (non-hydrogen) atoms. The molecule has 9 heterocycles. The summed E-state index contributed by atoms with van der Waals surface area (Å²) < 4.78 is 11.3. The molecule has 9 nitrogen and oxygen atoms in total. The van der Waals surface area contributed by atoms with Gasteiger partial charge in [0, 0.05) is 126 Å². The van der Waals surface area contributed by atoms with Gasteiger partial charge in [-0.1, -0.05) is 160 Å². The summed E-state index contributed by atoms with van der Waals surface area (Å²) in [5, 5.41) is 10.3. The molecule has 0 N–H and O–H groups in total. The molecule has 0 spiro atoms. The van der Waals surface area contributed by atoms with Gasteiger partial charge in [-0.25, -0.2) is 0 Å². The van der Waals surface area contributed by atoms with Crippen LogP contribution in [0.15, 0.2) is 158 Å². The fourth-order valence-electron chi connectivity index (χ4n) is 12.3. The van der Waals surface area contributed by atoms with Crippen LogP contribution < -0.4 is 0 Å². The normalized spacial score (nSPS) is 10.5. The number of hydrogen-bond acceptors (Lipinski definition) is 4. The van der Waals surface area contributed by atoms with Gasteiger partial charge in [0.25, 0.3) is 0 Å². The Kier molecular flexibility index (Phi) is 24.4. The molecule has 0 aliphatic rings. The van der Waals surface area contributed by atoms with E-state index in [-0.39, 0.29) is 0 Å². The minimum absolute atomic E-state index is 1.10. The molecule has 15 aromatic rings. The van der Waals surface area contributed by atoms with Crippen molar-refractivity contribution < 1.29 is 0 Å². The minimum atomic E-state index is 1.10. The van der Waals surface area contributed by atoms with Crippen molar-refractivity contribution in [1.29, 1.82) is 0 Å². The van der Waals surface area contributed by atoms with E-state index in [4.69, 9.17) is 0 Å². The van der Waals surface area contributed by atoms with E-state index < -0.39 is 0 Å². The van der Waals surface area contributed by atoms with Crippen molar-refractivity contribution in [2.45, 2.75) is 138 Å². The summed E-state index contributed by atoms with van der Waals surface area (Å²) in [7, 11) is 10.6. The Morgan fingerprint density at radius 1 is 0.244 bits per heavy atom. The maximum atomic E-state index is 4.57. The highest BCUT2D eigenvalue weighted by Crippen LogP contribution is 2.35. The number of pyridine rings is 4. The second-order valence-corrected chi connectivity index (χ2v) is 21.8. The SMILES string of the molecule is CC.CC.CC.CC.CC.Cc1ccc2c3ccccc3n(C)c2c1C.Cc1ccc2c3cnccc3n(C)c2c1C.Cc1ccc2c3ncccc3n(C)c2c1C.Cc1cnc2c3ccccc3n(C)c2c1C.Cc1ncc2c3ccccc3n(C)c2c1C. The van der Waals surface area contributed by atoms with E-state index in [2.05, 4.69) is 269 Å². The Balaban J connectivity index is 0.000000173. The van der Waals surface area contributed by atoms with Gasteiger partial charge in [0.05, 0.1) is 55.2 Å². The molecule has 6 aromatic carbocycles. The van der Waals surface area contributed by atoms with Crippen LogP contribution in [0.2, 0.25) is 0 Å². The fraction of sp³-hybridized carbons (Fsp3) is 0.309. The Labute approximate surface area is 537 Å². The Bertz CT molecular complexity index is 4180. The summed E-state index contributed by atoms with van der Waals surface area (Å²) in [4.78, 5) is 17.7. The molecule has 0 saturated heterocycles. The highest BCUT2D eigenvalue weighted by Gasteiger charge is 2.16. The van der Waals surface area contributed by atoms with Gasteiger partial charge in [0.2, 0.25) is 0 Å². The van der Waals surface area contributed by atoms with Gasteiger partial charge >= 0.3 is 0 Å². The van der Waals surface area contributed by atoms with Crippen LogP contribution in [0.4, 0.5) is 0 Å². The van der Waals surface area contributed by atoms with Gasteiger partial charge in [0.15, 0.2) is 0 Å². The van der Waals surface area contributed by atoms with E-state index in [0.29, 0.717) is 0 Å². The van der Waals surface area contributed by atoms with Crippen molar-refractivity contribution in [3.63, 3.8) is 0 Å². The van der Waals surface area contributed by atoms with Crippen molar-refractivity contribution >= 4 is 109 Å². The first kappa shape index (κ1) is 70.0. The Hall–Kier alpha value is -9.08. The maximum absolute atomic E-state index is 4.57. The van der Waals surface area contributed by atoms with E-state index in [0.717, 1.165) is 16.7 Å². The average Bonchev–Trinajstić information content (AvgIpc) is 1.87. The van der Waals surface area contributed by atoms with Crippen molar-refractivity contribution in [3.8, 4) is 0 Å². The van der Waals surface area contributed by atoms with Crippen LogP contribution in [-0.2, 0) is 35.2 Å². The topological polar surface area (TPSA) is 76.2 Å². The predicted molar refractivity (Wildman–Crippen MR) is 397 cm³/mol. The Morgan fingerprint density at radius 3 is 1.14 bits per heavy atom. The number of nitrogens with zero attached hydrogens (tertiary/aromatic N) is 9. The Morgan fingerprint density at radius 2 is 0.622 bits per heavy atom. The lowest BCUT2D eigenvalue weighted by atomic mass is 10.1. The molecular formula is C81H101N9. The molecule has 0 unspecified atom stereocenters.